The van der Waals surface area contributed by atoms with Gasteiger partial charge in [0.1, 0.15) is 0 Å². The van der Waals surface area contributed by atoms with Gasteiger partial charge in [-0.2, -0.15) is 4.68 Å². The van der Waals surface area contributed by atoms with Gasteiger partial charge in [-0.3, -0.25) is 0 Å². The van der Waals surface area contributed by atoms with Gasteiger partial charge < -0.3 is 5.21 Å². The molecule has 6 nitrogen and oxygen atoms in total. The molecule has 0 radical (unpaired) electrons. The summed E-state index contributed by atoms with van der Waals surface area (Å²) in [6.45, 7) is 0. The highest BCUT2D eigenvalue weighted by Crippen LogP contribution is 2.30. The Hall–Kier alpha value is -1.89. The second-order valence-electron chi connectivity index (χ2n) is 5.36. The van der Waals surface area contributed by atoms with E-state index in [0.29, 0.717) is 0 Å². The third-order valence-electron chi connectivity index (χ3n) is 3.84. The molecule has 0 saturated heterocycles. The molecule has 1 aromatic carbocycles. The van der Waals surface area contributed by atoms with Crippen molar-refractivity contribution in [2.45, 2.75) is 48.9 Å². The molecule has 1 aliphatic rings. The zero-order chi connectivity index (χ0) is 15.2. The van der Waals surface area contributed by atoms with E-state index in [-0.39, 0.29) is 5.25 Å². The number of tetrazole rings is 1. The standard InChI is InChI=1S/C15H19N5OS/c21-17-13-10-6-1-2-7-11-14(13)22-15-16-18-19-20(15)12-8-4-3-5-9-12/h3-5,8-9,14,21H,1-2,6-7,10-11H2/b17-13+/t14-/m1/s1. The Bertz CT molecular complexity index is 628. The number of hydrogen-bond donors (Lipinski definition) is 1. The largest absolute Gasteiger partial charge is 0.411 e. The van der Waals surface area contributed by atoms with Crippen LogP contribution in [0.15, 0.2) is 40.6 Å². The molecule has 0 unspecified atom stereocenters. The molecule has 1 atom stereocenters. The lowest BCUT2D eigenvalue weighted by atomic mass is 9.99. The van der Waals surface area contributed by atoms with E-state index < -0.39 is 0 Å². The van der Waals surface area contributed by atoms with Crippen LogP contribution in [0.5, 0.6) is 0 Å². The highest BCUT2D eigenvalue weighted by atomic mass is 32.2. The van der Waals surface area contributed by atoms with Gasteiger partial charge in [0.25, 0.3) is 0 Å². The molecule has 1 aliphatic carbocycles. The highest BCUT2D eigenvalue weighted by Gasteiger charge is 2.23. The SMILES string of the molecule is O/N=C1\CCCCCC[C@H]1Sc1nnnn1-c1ccccc1. The second kappa shape index (κ2) is 7.40. The molecule has 22 heavy (non-hydrogen) atoms. The van der Waals surface area contributed by atoms with Gasteiger partial charge >= 0.3 is 0 Å². The van der Waals surface area contributed by atoms with Crippen LogP contribution in [0, 0.1) is 0 Å². The minimum Gasteiger partial charge on any atom is -0.411 e. The van der Waals surface area contributed by atoms with Crippen molar-refractivity contribution >= 4 is 17.5 Å². The van der Waals surface area contributed by atoms with E-state index in [2.05, 4.69) is 20.7 Å². The van der Waals surface area contributed by atoms with E-state index in [0.717, 1.165) is 42.2 Å². The van der Waals surface area contributed by atoms with E-state index in [1.54, 1.807) is 16.4 Å². The van der Waals surface area contributed by atoms with Crippen LogP contribution in [-0.4, -0.2) is 36.4 Å². The van der Waals surface area contributed by atoms with Crippen LogP contribution in [0.25, 0.3) is 5.69 Å². The van der Waals surface area contributed by atoms with Gasteiger partial charge in [0.2, 0.25) is 5.16 Å². The third kappa shape index (κ3) is 3.47. The van der Waals surface area contributed by atoms with Gasteiger partial charge in [-0.1, -0.05) is 54.4 Å². The van der Waals surface area contributed by atoms with E-state index in [1.165, 1.54) is 12.8 Å². The molecule has 3 rings (SSSR count). The summed E-state index contributed by atoms with van der Waals surface area (Å²) in [4.78, 5) is 0. The van der Waals surface area contributed by atoms with E-state index in [4.69, 9.17) is 0 Å². The molecular weight excluding hydrogens is 298 g/mol. The summed E-state index contributed by atoms with van der Waals surface area (Å²) >= 11 is 1.58. The molecular formula is C15H19N5OS. The second-order valence-corrected chi connectivity index (χ2v) is 6.53. The Labute approximate surface area is 133 Å². The summed E-state index contributed by atoms with van der Waals surface area (Å²) in [6, 6.07) is 9.83. The van der Waals surface area contributed by atoms with E-state index in [9.17, 15) is 5.21 Å². The maximum atomic E-state index is 9.31. The molecule has 1 heterocycles. The lowest BCUT2D eigenvalue weighted by molar-refractivity contribution is 0.315. The van der Waals surface area contributed by atoms with Gasteiger partial charge in [-0.15, -0.1) is 5.10 Å². The van der Waals surface area contributed by atoms with Crippen molar-refractivity contribution in [3.63, 3.8) is 0 Å². The quantitative estimate of drug-likeness (QED) is 0.694. The summed E-state index contributed by atoms with van der Waals surface area (Å²) in [7, 11) is 0. The Morgan fingerprint density at radius 2 is 1.95 bits per heavy atom. The monoisotopic (exact) mass is 317 g/mol. The van der Waals surface area contributed by atoms with Crippen molar-refractivity contribution in [3.05, 3.63) is 30.3 Å². The number of hydrogen-bond acceptors (Lipinski definition) is 6. The predicted molar refractivity (Wildman–Crippen MR) is 85.7 cm³/mol. The number of nitrogens with zero attached hydrogens (tertiary/aromatic N) is 5. The van der Waals surface area contributed by atoms with Crippen LogP contribution in [0.4, 0.5) is 0 Å². The number of thioether (sulfide) groups is 1. The van der Waals surface area contributed by atoms with Crippen molar-refractivity contribution < 1.29 is 5.21 Å². The summed E-state index contributed by atoms with van der Waals surface area (Å²) in [6.07, 6.45) is 6.51. The first-order valence-electron chi connectivity index (χ1n) is 7.60. The van der Waals surface area contributed by atoms with Crippen LogP contribution in [0.3, 0.4) is 0 Å². The maximum absolute atomic E-state index is 9.31. The van der Waals surface area contributed by atoms with Gasteiger partial charge in [0.05, 0.1) is 16.6 Å². The zero-order valence-electron chi connectivity index (χ0n) is 12.3. The number of oxime groups is 1. The Morgan fingerprint density at radius 3 is 2.77 bits per heavy atom. The van der Waals surface area contributed by atoms with Crippen LogP contribution in [0.2, 0.25) is 0 Å². The van der Waals surface area contributed by atoms with Crippen molar-refractivity contribution in [1.82, 2.24) is 20.2 Å². The summed E-state index contributed by atoms with van der Waals surface area (Å²) in [5, 5.41) is 25.7. The Kier molecular flexibility index (Phi) is 5.05. The first-order valence-corrected chi connectivity index (χ1v) is 8.48. The Morgan fingerprint density at radius 1 is 1.14 bits per heavy atom. The first kappa shape index (κ1) is 15.0. The Balaban J connectivity index is 1.81. The molecule has 0 bridgehead atoms. The fourth-order valence-corrected chi connectivity index (χ4v) is 3.83. The smallest absolute Gasteiger partial charge is 0.214 e. The summed E-state index contributed by atoms with van der Waals surface area (Å²) in [5.74, 6) is 0. The van der Waals surface area contributed by atoms with Gasteiger partial charge in [0, 0.05) is 0 Å². The molecule has 2 aromatic rings. The van der Waals surface area contributed by atoms with Crippen LogP contribution < -0.4 is 0 Å². The van der Waals surface area contributed by atoms with Crippen molar-refractivity contribution in [3.8, 4) is 5.69 Å². The van der Waals surface area contributed by atoms with E-state index >= 15 is 0 Å². The van der Waals surface area contributed by atoms with Crippen LogP contribution >= 0.6 is 11.8 Å². The first-order chi connectivity index (χ1) is 10.9. The van der Waals surface area contributed by atoms with Gasteiger partial charge in [-0.05, 0) is 41.8 Å². The minimum absolute atomic E-state index is 0.138. The fraction of sp³-hybridized carbons (Fsp3) is 0.467. The molecule has 0 amide bonds. The number of benzene rings is 1. The lowest BCUT2D eigenvalue weighted by Gasteiger charge is -2.19. The van der Waals surface area contributed by atoms with Crippen LogP contribution in [-0.2, 0) is 0 Å². The van der Waals surface area contributed by atoms with Crippen LogP contribution in [0.1, 0.15) is 38.5 Å². The lowest BCUT2D eigenvalue weighted by Crippen LogP contribution is -2.20. The number of rotatable bonds is 3. The van der Waals surface area contributed by atoms with Crippen molar-refractivity contribution in [2.24, 2.45) is 5.16 Å². The molecule has 1 aromatic heterocycles. The highest BCUT2D eigenvalue weighted by molar-refractivity contribution is 8.00. The number of para-hydroxylation sites is 1. The fourth-order valence-electron chi connectivity index (χ4n) is 2.67. The minimum atomic E-state index is 0.138. The predicted octanol–water partition coefficient (Wildman–Crippen LogP) is 3.31. The van der Waals surface area contributed by atoms with Gasteiger partial charge in [0.15, 0.2) is 0 Å². The third-order valence-corrected chi connectivity index (χ3v) is 5.10. The average Bonchev–Trinajstić information content (AvgIpc) is 2.99. The maximum Gasteiger partial charge on any atom is 0.214 e. The molecule has 0 spiro atoms. The summed E-state index contributed by atoms with van der Waals surface area (Å²) < 4.78 is 1.73. The molecule has 7 heteroatoms. The normalized spacial score (nSPS) is 21.5. The molecule has 116 valence electrons. The average molecular weight is 317 g/mol. The molecule has 1 N–H and O–H groups in total. The zero-order valence-corrected chi connectivity index (χ0v) is 13.1. The molecule has 0 aliphatic heterocycles. The topological polar surface area (TPSA) is 76.2 Å². The summed E-state index contributed by atoms with van der Waals surface area (Å²) in [5.41, 5.74) is 1.79. The molecule has 1 saturated carbocycles. The molecule has 1 fully saturated rings. The van der Waals surface area contributed by atoms with Crippen molar-refractivity contribution in [1.29, 1.82) is 0 Å². The number of aromatic nitrogens is 4. The van der Waals surface area contributed by atoms with E-state index in [1.807, 2.05) is 30.3 Å². The van der Waals surface area contributed by atoms with Crippen molar-refractivity contribution in [2.75, 3.05) is 0 Å². The van der Waals surface area contributed by atoms with Gasteiger partial charge in [-0.25, -0.2) is 0 Å².